The third kappa shape index (κ3) is 2.34. The fraction of sp³-hybridized carbons (Fsp3) is 0.357. The van der Waals surface area contributed by atoms with Crippen molar-refractivity contribution in [2.45, 2.75) is 19.8 Å². The van der Waals surface area contributed by atoms with Crippen molar-refractivity contribution in [1.82, 2.24) is 5.32 Å². The Hall–Kier alpha value is -1.85. The number of carbonyl (C=O) groups excluding carboxylic acids is 1. The van der Waals surface area contributed by atoms with E-state index in [9.17, 15) is 4.79 Å². The predicted octanol–water partition coefficient (Wildman–Crippen LogP) is 2.11. The smallest absolute Gasteiger partial charge is 0.217 e. The zero-order chi connectivity index (χ0) is 13.2. The quantitative estimate of drug-likeness (QED) is 0.919. The molecule has 0 radical (unpaired) electrons. The van der Waals surface area contributed by atoms with Crippen LogP contribution in [0.4, 0.5) is 0 Å². The van der Waals surface area contributed by atoms with E-state index in [-0.39, 0.29) is 5.91 Å². The van der Waals surface area contributed by atoms with Crippen molar-refractivity contribution in [3.8, 4) is 0 Å². The number of benzene rings is 1. The number of nitrogens with one attached hydrogen (secondary N) is 1. The summed E-state index contributed by atoms with van der Waals surface area (Å²) >= 11 is 0. The molecule has 19 heavy (non-hydrogen) atoms. The zero-order valence-electron chi connectivity index (χ0n) is 10.6. The summed E-state index contributed by atoms with van der Waals surface area (Å²) in [5.41, 5.74) is 1.65. The van der Waals surface area contributed by atoms with E-state index in [1.54, 1.807) is 0 Å². The van der Waals surface area contributed by atoms with Gasteiger partial charge in [-0.15, -0.1) is 0 Å². The first kappa shape index (κ1) is 12.2. The molecule has 1 aliphatic heterocycles. The molecule has 1 fully saturated rings. The average molecular weight is 261 g/mol. The van der Waals surface area contributed by atoms with Crippen molar-refractivity contribution < 1.29 is 18.7 Å². The molecule has 3 rings (SSSR count). The Labute approximate surface area is 110 Å². The summed E-state index contributed by atoms with van der Waals surface area (Å²) in [5.74, 6) is 0.586. The second-order valence-corrected chi connectivity index (χ2v) is 4.42. The van der Waals surface area contributed by atoms with E-state index in [1.165, 1.54) is 6.92 Å². The van der Waals surface area contributed by atoms with Crippen LogP contribution in [0.15, 0.2) is 28.7 Å². The maximum absolute atomic E-state index is 11.0. The highest BCUT2D eigenvalue weighted by Gasteiger charge is 2.27. The van der Waals surface area contributed by atoms with Crippen LogP contribution in [-0.4, -0.2) is 19.1 Å². The van der Waals surface area contributed by atoms with Crippen molar-refractivity contribution in [1.29, 1.82) is 0 Å². The first-order valence-electron chi connectivity index (χ1n) is 6.23. The monoisotopic (exact) mass is 261 g/mol. The van der Waals surface area contributed by atoms with Gasteiger partial charge in [-0.05, 0) is 6.07 Å². The third-order valence-corrected chi connectivity index (χ3v) is 3.07. The van der Waals surface area contributed by atoms with Gasteiger partial charge in [-0.1, -0.05) is 18.2 Å². The fourth-order valence-electron chi connectivity index (χ4n) is 2.24. The van der Waals surface area contributed by atoms with Gasteiger partial charge in [0, 0.05) is 12.3 Å². The minimum absolute atomic E-state index is 0.0975. The predicted molar refractivity (Wildman–Crippen MR) is 68.4 cm³/mol. The number of fused-ring (bicyclic) bond motifs is 1. The molecule has 0 unspecified atom stereocenters. The number of furan rings is 1. The summed E-state index contributed by atoms with van der Waals surface area (Å²) < 4.78 is 16.9. The van der Waals surface area contributed by atoms with Crippen molar-refractivity contribution in [2.24, 2.45) is 0 Å². The number of hydrogen-bond donors (Lipinski definition) is 1. The molecule has 5 heteroatoms. The number of amides is 1. The van der Waals surface area contributed by atoms with E-state index < -0.39 is 6.29 Å². The molecule has 0 atom stereocenters. The lowest BCUT2D eigenvalue weighted by atomic mass is 10.1. The first-order chi connectivity index (χ1) is 9.25. The minimum atomic E-state index is -0.410. The largest absolute Gasteiger partial charge is 0.459 e. The van der Waals surface area contributed by atoms with E-state index in [0.29, 0.717) is 25.5 Å². The number of para-hydroxylation sites is 1. The van der Waals surface area contributed by atoms with Gasteiger partial charge in [0.15, 0.2) is 6.29 Å². The highest BCUT2D eigenvalue weighted by Crippen LogP contribution is 2.35. The lowest BCUT2D eigenvalue weighted by Gasteiger charge is -2.10. The van der Waals surface area contributed by atoms with Gasteiger partial charge >= 0.3 is 0 Å². The summed E-state index contributed by atoms with van der Waals surface area (Å²) in [7, 11) is 0. The van der Waals surface area contributed by atoms with Gasteiger partial charge in [0.2, 0.25) is 5.91 Å². The Morgan fingerprint density at radius 3 is 2.79 bits per heavy atom. The Bertz CT molecular complexity index is 599. The molecular weight excluding hydrogens is 246 g/mol. The number of carbonyl (C=O) groups is 1. The lowest BCUT2D eigenvalue weighted by molar-refractivity contribution is -0.119. The zero-order valence-corrected chi connectivity index (χ0v) is 10.6. The SMILES string of the molecule is CC(=O)NCc1oc2ccccc2c1C1OCCO1. The Morgan fingerprint density at radius 2 is 2.05 bits per heavy atom. The topological polar surface area (TPSA) is 60.7 Å². The van der Waals surface area contributed by atoms with Gasteiger partial charge in [-0.25, -0.2) is 0 Å². The molecule has 1 aliphatic rings. The lowest BCUT2D eigenvalue weighted by Crippen LogP contribution is -2.19. The van der Waals surface area contributed by atoms with Gasteiger partial charge in [0.1, 0.15) is 11.3 Å². The van der Waals surface area contributed by atoms with E-state index in [2.05, 4.69) is 5.32 Å². The molecule has 5 nitrogen and oxygen atoms in total. The summed E-state index contributed by atoms with van der Waals surface area (Å²) in [5, 5.41) is 3.71. The molecular formula is C14H15NO4. The van der Waals surface area contributed by atoms with Crippen LogP contribution in [0.1, 0.15) is 24.5 Å². The number of ether oxygens (including phenoxy) is 2. The third-order valence-electron chi connectivity index (χ3n) is 3.07. The number of rotatable bonds is 3. The van der Waals surface area contributed by atoms with Crippen LogP contribution in [0.5, 0.6) is 0 Å². The van der Waals surface area contributed by atoms with Crippen molar-refractivity contribution in [3.05, 3.63) is 35.6 Å². The molecule has 0 saturated carbocycles. The summed E-state index contributed by atoms with van der Waals surface area (Å²) in [6.45, 7) is 2.96. The van der Waals surface area contributed by atoms with E-state index in [4.69, 9.17) is 13.9 Å². The fourth-order valence-corrected chi connectivity index (χ4v) is 2.24. The van der Waals surface area contributed by atoms with Gasteiger partial charge in [-0.2, -0.15) is 0 Å². The molecule has 0 aliphatic carbocycles. The molecule has 1 N–H and O–H groups in total. The van der Waals surface area contributed by atoms with Crippen LogP contribution < -0.4 is 5.32 Å². The molecule has 2 heterocycles. The van der Waals surface area contributed by atoms with Crippen LogP contribution >= 0.6 is 0 Å². The Balaban J connectivity index is 2.03. The van der Waals surface area contributed by atoms with Crippen LogP contribution in [-0.2, 0) is 20.8 Å². The van der Waals surface area contributed by atoms with Crippen LogP contribution in [0.2, 0.25) is 0 Å². The Morgan fingerprint density at radius 1 is 1.32 bits per heavy atom. The first-order valence-corrected chi connectivity index (χ1v) is 6.23. The van der Waals surface area contributed by atoms with Crippen molar-refractivity contribution in [2.75, 3.05) is 13.2 Å². The summed E-state index contributed by atoms with van der Waals surface area (Å²) in [4.78, 5) is 11.0. The summed E-state index contributed by atoms with van der Waals surface area (Å²) in [6, 6.07) is 7.72. The molecule has 0 spiro atoms. The Kier molecular flexibility index (Phi) is 3.23. The number of hydrogen-bond acceptors (Lipinski definition) is 4. The molecule has 1 aromatic carbocycles. The van der Waals surface area contributed by atoms with Crippen molar-refractivity contribution >= 4 is 16.9 Å². The highest BCUT2D eigenvalue weighted by molar-refractivity contribution is 5.82. The van der Waals surface area contributed by atoms with E-state index in [1.807, 2.05) is 24.3 Å². The highest BCUT2D eigenvalue weighted by atomic mass is 16.7. The average Bonchev–Trinajstić information content (AvgIpc) is 3.02. The molecule has 0 bridgehead atoms. The second kappa shape index (κ2) is 5.03. The maximum Gasteiger partial charge on any atom is 0.217 e. The normalized spacial score (nSPS) is 16.1. The van der Waals surface area contributed by atoms with Crippen LogP contribution in [0, 0.1) is 0 Å². The summed E-state index contributed by atoms with van der Waals surface area (Å²) in [6.07, 6.45) is -0.410. The molecule has 100 valence electrons. The van der Waals surface area contributed by atoms with Gasteiger partial charge in [-0.3, -0.25) is 4.79 Å². The molecule has 1 aromatic heterocycles. The molecule has 1 saturated heterocycles. The standard InChI is InChI=1S/C14H15NO4/c1-9(16)15-8-12-13(14-17-6-7-18-14)10-4-2-3-5-11(10)19-12/h2-5,14H,6-8H2,1H3,(H,15,16). The second-order valence-electron chi connectivity index (χ2n) is 4.42. The van der Waals surface area contributed by atoms with Crippen molar-refractivity contribution in [3.63, 3.8) is 0 Å². The maximum atomic E-state index is 11.0. The molecule has 1 amide bonds. The molecule has 2 aromatic rings. The minimum Gasteiger partial charge on any atom is -0.459 e. The van der Waals surface area contributed by atoms with Gasteiger partial charge in [0.05, 0.1) is 25.3 Å². The van der Waals surface area contributed by atoms with E-state index in [0.717, 1.165) is 16.5 Å². The van der Waals surface area contributed by atoms with Gasteiger partial charge in [0.25, 0.3) is 0 Å². The van der Waals surface area contributed by atoms with Crippen LogP contribution in [0.25, 0.3) is 11.0 Å². The van der Waals surface area contributed by atoms with Gasteiger partial charge < -0.3 is 19.2 Å². The van der Waals surface area contributed by atoms with E-state index >= 15 is 0 Å². The van der Waals surface area contributed by atoms with Crippen LogP contribution in [0.3, 0.4) is 0 Å².